The van der Waals surface area contributed by atoms with Gasteiger partial charge in [0.15, 0.2) is 11.6 Å². The second-order valence-corrected chi connectivity index (χ2v) is 8.95. The molecule has 1 atom stereocenters. The number of nitrogens with one attached hydrogen (secondary N) is 1. The first-order valence-electron chi connectivity index (χ1n) is 10.9. The van der Waals surface area contributed by atoms with Gasteiger partial charge in [0.25, 0.3) is 0 Å². The highest BCUT2D eigenvalue weighted by Crippen LogP contribution is 2.36. The summed E-state index contributed by atoms with van der Waals surface area (Å²) in [5, 5.41) is 17.3. The Morgan fingerprint density at radius 3 is 2.52 bits per heavy atom. The van der Waals surface area contributed by atoms with Crippen LogP contribution in [0, 0.1) is 31.4 Å². The fourth-order valence-electron chi connectivity index (χ4n) is 4.18. The summed E-state index contributed by atoms with van der Waals surface area (Å²) in [5.41, 5.74) is 3.30. The number of carbonyl (C=O) groups excluding carboxylic acids is 1. The van der Waals surface area contributed by atoms with Crippen LogP contribution < -0.4 is 5.32 Å². The van der Waals surface area contributed by atoms with Gasteiger partial charge >= 0.3 is 5.97 Å². The fourth-order valence-corrected chi connectivity index (χ4v) is 4.18. The van der Waals surface area contributed by atoms with Gasteiger partial charge in [-0.15, -0.1) is 0 Å². The second kappa shape index (κ2) is 9.68. The molecule has 0 saturated carbocycles. The Bertz CT molecular complexity index is 1220. The first-order chi connectivity index (χ1) is 15.5. The SMILES string of the molecule is Cc1cc2cn(C)nc2c(C)c1-c1cc(F)c(F)c([C@H](CC(=O)O)NC(=O)CCC(C)C)c1. The Morgan fingerprint density at radius 1 is 1.18 bits per heavy atom. The molecule has 6 nitrogen and oxygen atoms in total. The number of aromatic nitrogens is 2. The molecule has 1 heterocycles. The predicted octanol–water partition coefficient (Wildman–Crippen LogP) is 5.20. The summed E-state index contributed by atoms with van der Waals surface area (Å²) in [6.07, 6.45) is 2.09. The quantitative estimate of drug-likeness (QED) is 0.487. The van der Waals surface area contributed by atoms with Crippen LogP contribution in [0.15, 0.2) is 24.4 Å². The Kier molecular flexibility index (Phi) is 7.15. The number of nitrogens with zero attached hydrogens (tertiary/aromatic N) is 2. The largest absolute Gasteiger partial charge is 0.481 e. The normalized spacial score (nSPS) is 12.4. The average molecular weight is 458 g/mol. The van der Waals surface area contributed by atoms with Crippen LogP contribution in [0.1, 0.15) is 55.8 Å². The van der Waals surface area contributed by atoms with Crippen molar-refractivity contribution in [2.75, 3.05) is 0 Å². The van der Waals surface area contributed by atoms with Gasteiger partial charge in [-0.2, -0.15) is 5.10 Å². The fraction of sp³-hybridized carbons (Fsp3) is 0.400. The Morgan fingerprint density at radius 2 is 1.88 bits per heavy atom. The molecule has 0 unspecified atom stereocenters. The predicted molar refractivity (Wildman–Crippen MR) is 123 cm³/mol. The van der Waals surface area contributed by atoms with Crippen LogP contribution in [-0.2, 0) is 16.6 Å². The molecular weight excluding hydrogens is 428 g/mol. The number of hydrogen-bond acceptors (Lipinski definition) is 3. The summed E-state index contributed by atoms with van der Waals surface area (Å²) in [6.45, 7) is 7.66. The number of halogens is 2. The number of aliphatic carboxylic acids is 1. The van der Waals surface area contributed by atoms with E-state index in [9.17, 15) is 23.5 Å². The summed E-state index contributed by atoms with van der Waals surface area (Å²) >= 11 is 0. The summed E-state index contributed by atoms with van der Waals surface area (Å²) in [7, 11) is 1.81. The van der Waals surface area contributed by atoms with Crippen LogP contribution in [0.4, 0.5) is 8.78 Å². The van der Waals surface area contributed by atoms with Gasteiger partial charge in [-0.05, 0) is 66.6 Å². The van der Waals surface area contributed by atoms with Crippen LogP contribution in [0.3, 0.4) is 0 Å². The van der Waals surface area contributed by atoms with Crippen molar-refractivity contribution in [3.05, 3.63) is 52.7 Å². The lowest BCUT2D eigenvalue weighted by molar-refractivity contribution is -0.137. The number of benzene rings is 2. The number of aryl methyl sites for hydroxylation is 3. The third-order valence-corrected chi connectivity index (χ3v) is 5.74. The summed E-state index contributed by atoms with van der Waals surface area (Å²) in [5.74, 6) is -3.62. The van der Waals surface area contributed by atoms with Crippen molar-refractivity contribution in [3.63, 3.8) is 0 Å². The molecule has 0 fully saturated rings. The lowest BCUT2D eigenvalue weighted by Gasteiger charge is -2.21. The van der Waals surface area contributed by atoms with Gasteiger partial charge in [0, 0.05) is 30.6 Å². The van der Waals surface area contributed by atoms with E-state index < -0.39 is 36.0 Å². The van der Waals surface area contributed by atoms with E-state index in [1.165, 1.54) is 6.07 Å². The van der Waals surface area contributed by atoms with Crippen LogP contribution in [0.2, 0.25) is 0 Å². The van der Waals surface area contributed by atoms with E-state index in [2.05, 4.69) is 10.4 Å². The maximum atomic E-state index is 14.9. The zero-order valence-electron chi connectivity index (χ0n) is 19.5. The van der Waals surface area contributed by atoms with E-state index in [-0.39, 0.29) is 17.9 Å². The van der Waals surface area contributed by atoms with Gasteiger partial charge in [0.05, 0.1) is 18.0 Å². The van der Waals surface area contributed by atoms with Gasteiger partial charge in [0.2, 0.25) is 5.91 Å². The summed E-state index contributed by atoms with van der Waals surface area (Å²) < 4.78 is 31.3. The molecule has 0 saturated heterocycles. The minimum absolute atomic E-state index is 0.173. The van der Waals surface area contributed by atoms with Crippen LogP contribution in [-0.4, -0.2) is 26.8 Å². The Labute approximate surface area is 191 Å². The van der Waals surface area contributed by atoms with Crippen LogP contribution >= 0.6 is 0 Å². The van der Waals surface area contributed by atoms with E-state index in [1.54, 1.807) is 4.68 Å². The van der Waals surface area contributed by atoms with Crippen LogP contribution in [0.5, 0.6) is 0 Å². The minimum atomic E-state index is -1.23. The molecule has 3 rings (SSSR count). The lowest BCUT2D eigenvalue weighted by Crippen LogP contribution is -2.31. The zero-order chi connectivity index (χ0) is 24.4. The summed E-state index contributed by atoms with van der Waals surface area (Å²) in [6, 6.07) is 3.25. The molecule has 0 aliphatic heterocycles. The molecule has 176 valence electrons. The van der Waals surface area contributed by atoms with Crippen molar-refractivity contribution >= 4 is 22.8 Å². The molecule has 8 heteroatoms. The smallest absolute Gasteiger partial charge is 0.305 e. The zero-order valence-corrected chi connectivity index (χ0v) is 19.5. The number of amides is 1. The standard InChI is InChI=1S/C25H29F2N3O3/c1-13(2)6-7-21(31)28-20(11-22(32)33)18-9-16(10-19(26)24(18)27)23-14(3)8-17-12-30(5)29-25(17)15(23)4/h8-10,12-13,20H,6-7,11H2,1-5H3,(H,28,31)(H,32,33)/t20-/m0/s1. The van der Waals surface area contributed by atoms with Gasteiger partial charge in [-0.1, -0.05) is 13.8 Å². The monoisotopic (exact) mass is 457 g/mol. The van der Waals surface area contributed by atoms with Crippen LogP contribution in [0.25, 0.3) is 22.0 Å². The number of carboxylic acid groups (broad SMARTS) is 1. The molecule has 33 heavy (non-hydrogen) atoms. The van der Waals surface area contributed by atoms with Crippen molar-refractivity contribution in [2.45, 2.75) is 53.0 Å². The molecule has 0 spiro atoms. The lowest BCUT2D eigenvalue weighted by atomic mass is 9.90. The maximum absolute atomic E-state index is 14.9. The highest BCUT2D eigenvalue weighted by molar-refractivity contribution is 5.90. The van der Waals surface area contributed by atoms with E-state index in [4.69, 9.17) is 0 Å². The first kappa shape index (κ1) is 24.4. The second-order valence-electron chi connectivity index (χ2n) is 8.95. The molecule has 2 N–H and O–H groups in total. The number of carboxylic acids is 1. The third kappa shape index (κ3) is 5.38. The van der Waals surface area contributed by atoms with Crippen molar-refractivity contribution in [1.29, 1.82) is 0 Å². The number of rotatable bonds is 8. The molecule has 0 radical (unpaired) electrons. The van der Waals surface area contributed by atoms with E-state index >= 15 is 0 Å². The first-order valence-corrected chi connectivity index (χ1v) is 10.9. The van der Waals surface area contributed by atoms with Gasteiger partial charge < -0.3 is 10.4 Å². The number of fused-ring (bicyclic) bond motifs is 1. The topological polar surface area (TPSA) is 84.2 Å². The molecule has 1 amide bonds. The molecular formula is C25H29F2N3O3. The van der Waals surface area contributed by atoms with Crippen molar-refractivity contribution < 1.29 is 23.5 Å². The molecule has 0 bridgehead atoms. The third-order valence-electron chi connectivity index (χ3n) is 5.74. The van der Waals surface area contributed by atoms with Gasteiger partial charge in [-0.25, -0.2) is 8.78 Å². The maximum Gasteiger partial charge on any atom is 0.305 e. The average Bonchev–Trinajstić information content (AvgIpc) is 3.08. The van der Waals surface area contributed by atoms with E-state index in [1.807, 2.05) is 47.0 Å². The van der Waals surface area contributed by atoms with Gasteiger partial charge in [-0.3, -0.25) is 14.3 Å². The van der Waals surface area contributed by atoms with Gasteiger partial charge in [0.1, 0.15) is 0 Å². The molecule has 0 aliphatic carbocycles. The molecule has 3 aromatic rings. The van der Waals surface area contributed by atoms with E-state index in [0.29, 0.717) is 17.5 Å². The highest BCUT2D eigenvalue weighted by atomic mass is 19.2. The van der Waals surface area contributed by atoms with Crippen molar-refractivity contribution in [1.82, 2.24) is 15.1 Å². The number of hydrogen-bond donors (Lipinski definition) is 2. The molecule has 0 aliphatic rings. The van der Waals surface area contributed by atoms with E-state index in [0.717, 1.165) is 28.1 Å². The molecule has 2 aromatic carbocycles. The minimum Gasteiger partial charge on any atom is -0.481 e. The Hall–Kier alpha value is -3.29. The number of carbonyl (C=O) groups is 2. The highest BCUT2D eigenvalue weighted by Gasteiger charge is 2.25. The summed E-state index contributed by atoms with van der Waals surface area (Å²) in [4.78, 5) is 23.9. The molecule has 1 aromatic heterocycles. The Balaban J connectivity index is 2.10. The van der Waals surface area contributed by atoms with Crippen molar-refractivity contribution in [3.8, 4) is 11.1 Å². The van der Waals surface area contributed by atoms with Crippen molar-refractivity contribution in [2.24, 2.45) is 13.0 Å².